The molecule has 1 aromatic rings. The number of aliphatic carboxylic acids is 1. The highest BCUT2D eigenvalue weighted by atomic mass is 16.4. The number of anilines is 1. The molecule has 1 aromatic heterocycles. The molecule has 1 rings (SSSR count). The van der Waals surface area contributed by atoms with Gasteiger partial charge in [0.15, 0.2) is 0 Å². The lowest BCUT2D eigenvalue weighted by Crippen LogP contribution is -2.29. The summed E-state index contributed by atoms with van der Waals surface area (Å²) in [5.41, 5.74) is 0.636. The summed E-state index contributed by atoms with van der Waals surface area (Å²) < 4.78 is 1.75. The maximum absolute atomic E-state index is 11.5. The van der Waals surface area contributed by atoms with E-state index in [4.69, 9.17) is 5.11 Å². The quantitative estimate of drug-likeness (QED) is 0.657. The Kier molecular flexibility index (Phi) is 5.84. The van der Waals surface area contributed by atoms with Crippen molar-refractivity contribution in [3.05, 3.63) is 12.4 Å². The Morgan fingerprint density at radius 3 is 2.74 bits per heavy atom. The highest BCUT2D eigenvalue weighted by Crippen LogP contribution is 2.09. The van der Waals surface area contributed by atoms with Crippen LogP contribution >= 0.6 is 0 Å². The summed E-state index contributed by atoms with van der Waals surface area (Å²) >= 11 is 0. The summed E-state index contributed by atoms with van der Waals surface area (Å²) in [5.74, 6) is -0.814. The van der Waals surface area contributed by atoms with Crippen LogP contribution in [0.15, 0.2) is 12.4 Å². The Balaban J connectivity index is 2.21. The average molecular weight is 268 g/mol. The van der Waals surface area contributed by atoms with E-state index in [1.165, 1.54) is 0 Å². The van der Waals surface area contributed by atoms with Crippen molar-refractivity contribution >= 4 is 17.7 Å². The molecule has 0 unspecified atom stereocenters. The van der Waals surface area contributed by atoms with E-state index >= 15 is 0 Å². The standard InChI is InChI=1S/C12H20N4O3/c1-9(2)16-8-10(7-14-16)15-12(19)13-6-4-3-5-11(17)18/h7-9H,3-6H2,1-2H3,(H,17,18)(H2,13,15,19). The van der Waals surface area contributed by atoms with Gasteiger partial charge in [0.2, 0.25) is 0 Å². The van der Waals surface area contributed by atoms with Gasteiger partial charge < -0.3 is 15.7 Å². The molecular weight excluding hydrogens is 248 g/mol. The minimum Gasteiger partial charge on any atom is -0.481 e. The number of carboxylic acids is 1. The monoisotopic (exact) mass is 268 g/mol. The van der Waals surface area contributed by atoms with Crippen molar-refractivity contribution in [2.75, 3.05) is 11.9 Å². The zero-order valence-electron chi connectivity index (χ0n) is 11.2. The van der Waals surface area contributed by atoms with Gasteiger partial charge in [-0.3, -0.25) is 9.48 Å². The Labute approximate surface area is 112 Å². The van der Waals surface area contributed by atoms with Crippen molar-refractivity contribution in [2.45, 2.75) is 39.2 Å². The number of aromatic nitrogens is 2. The van der Waals surface area contributed by atoms with Gasteiger partial charge in [-0.1, -0.05) is 0 Å². The number of carbonyl (C=O) groups excluding carboxylic acids is 1. The lowest BCUT2D eigenvalue weighted by molar-refractivity contribution is -0.137. The van der Waals surface area contributed by atoms with Crippen molar-refractivity contribution in [3.8, 4) is 0 Å². The second kappa shape index (κ2) is 7.40. The normalized spacial score (nSPS) is 10.5. The average Bonchev–Trinajstić information content (AvgIpc) is 2.76. The van der Waals surface area contributed by atoms with Gasteiger partial charge in [-0.15, -0.1) is 0 Å². The summed E-state index contributed by atoms with van der Waals surface area (Å²) in [4.78, 5) is 21.8. The molecule has 0 radical (unpaired) electrons. The van der Waals surface area contributed by atoms with E-state index in [2.05, 4.69) is 15.7 Å². The largest absolute Gasteiger partial charge is 0.481 e. The third-order valence-corrected chi connectivity index (χ3v) is 2.49. The summed E-state index contributed by atoms with van der Waals surface area (Å²) in [6.07, 6.45) is 4.68. The number of unbranched alkanes of at least 4 members (excludes halogenated alkanes) is 1. The van der Waals surface area contributed by atoms with Gasteiger partial charge in [-0.05, 0) is 26.7 Å². The van der Waals surface area contributed by atoms with Crippen molar-refractivity contribution < 1.29 is 14.7 Å². The lowest BCUT2D eigenvalue weighted by atomic mass is 10.2. The summed E-state index contributed by atoms with van der Waals surface area (Å²) in [6.45, 7) is 4.45. The van der Waals surface area contributed by atoms with Crippen molar-refractivity contribution in [2.24, 2.45) is 0 Å². The van der Waals surface area contributed by atoms with Gasteiger partial charge in [-0.2, -0.15) is 5.10 Å². The number of nitrogens with one attached hydrogen (secondary N) is 2. The van der Waals surface area contributed by atoms with Crippen LogP contribution in [0.3, 0.4) is 0 Å². The van der Waals surface area contributed by atoms with E-state index in [1.807, 2.05) is 13.8 Å². The van der Waals surface area contributed by atoms with Crippen molar-refractivity contribution in [1.82, 2.24) is 15.1 Å². The van der Waals surface area contributed by atoms with Crippen molar-refractivity contribution in [1.29, 1.82) is 0 Å². The fourth-order valence-electron chi connectivity index (χ4n) is 1.46. The van der Waals surface area contributed by atoms with Gasteiger partial charge in [-0.25, -0.2) is 4.79 Å². The zero-order valence-corrected chi connectivity index (χ0v) is 11.2. The third-order valence-electron chi connectivity index (χ3n) is 2.49. The van der Waals surface area contributed by atoms with E-state index in [9.17, 15) is 9.59 Å². The number of carboxylic acid groups (broad SMARTS) is 1. The lowest BCUT2D eigenvalue weighted by Gasteiger charge is -2.06. The fourth-order valence-corrected chi connectivity index (χ4v) is 1.46. The minimum absolute atomic E-state index is 0.129. The fraction of sp³-hybridized carbons (Fsp3) is 0.583. The molecular formula is C12H20N4O3. The summed E-state index contributed by atoms with van der Waals surface area (Å²) in [5, 5.41) is 17.9. The zero-order chi connectivity index (χ0) is 14.3. The molecule has 0 aliphatic rings. The van der Waals surface area contributed by atoms with Crippen LogP contribution in [0.1, 0.15) is 39.2 Å². The molecule has 0 atom stereocenters. The topological polar surface area (TPSA) is 96.2 Å². The first-order chi connectivity index (χ1) is 8.99. The van der Waals surface area contributed by atoms with Crippen LogP contribution in [-0.2, 0) is 4.79 Å². The van der Waals surface area contributed by atoms with E-state index in [-0.39, 0.29) is 18.5 Å². The van der Waals surface area contributed by atoms with Crippen LogP contribution in [0.25, 0.3) is 0 Å². The maximum atomic E-state index is 11.5. The van der Waals surface area contributed by atoms with Crippen LogP contribution < -0.4 is 10.6 Å². The number of urea groups is 1. The van der Waals surface area contributed by atoms with Gasteiger partial charge in [0, 0.05) is 25.2 Å². The Bertz CT molecular complexity index is 428. The molecule has 3 N–H and O–H groups in total. The number of rotatable bonds is 7. The molecule has 0 aromatic carbocycles. The number of nitrogens with zero attached hydrogens (tertiary/aromatic N) is 2. The van der Waals surface area contributed by atoms with Crippen LogP contribution in [0.5, 0.6) is 0 Å². The third kappa shape index (κ3) is 5.89. The number of hydrogen-bond donors (Lipinski definition) is 3. The van der Waals surface area contributed by atoms with E-state index in [0.29, 0.717) is 25.1 Å². The Hall–Kier alpha value is -2.05. The van der Waals surface area contributed by atoms with Crippen LogP contribution in [0.2, 0.25) is 0 Å². The molecule has 0 fully saturated rings. The molecule has 0 saturated heterocycles. The molecule has 0 aliphatic heterocycles. The molecule has 19 heavy (non-hydrogen) atoms. The van der Waals surface area contributed by atoms with Gasteiger partial charge in [0.05, 0.1) is 11.9 Å². The second-order valence-corrected chi connectivity index (χ2v) is 4.53. The SMILES string of the molecule is CC(C)n1cc(NC(=O)NCCCCC(=O)O)cn1. The van der Waals surface area contributed by atoms with Gasteiger partial charge in [0.25, 0.3) is 0 Å². The first-order valence-corrected chi connectivity index (χ1v) is 6.30. The second-order valence-electron chi connectivity index (χ2n) is 4.53. The molecule has 0 bridgehead atoms. The molecule has 106 valence electrons. The molecule has 2 amide bonds. The van der Waals surface area contributed by atoms with Crippen LogP contribution in [0, 0.1) is 0 Å². The Morgan fingerprint density at radius 1 is 1.42 bits per heavy atom. The van der Waals surface area contributed by atoms with Crippen LogP contribution in [0.4, 0.5) is 10.5 Å². The molecule has 1 heterocycles. The molecule has 0 spiro atoms. The minimum atomic E-state index is -0.814. The summed E-state index contributed by atoms with van der Waals surface area (Å²) in [7, 11) is 0. The van der Waals surface area contributed by atoms with Gasteiger partial charge >= 0.3 is 12.0 Å². The van der Waals surface area contributed by atoms with Crippen LogP contribution in [-0.4, -0.2) is 33.4 Å². The maximum Gasteiger partial charge on any atom is 0.319 e. The highest BCUT2D eigenvalue weighted by molar-refractivity contribution is 5.88. The van der Waals surface area contributed by atoms with E-state index in [1.54, 1.807) is 17.1 Å². The Morgan fingerprint density at radius 2 is 2.16 bits per heavy atom. The first-order valence-electron chi connectivity index (χ1n) is 6.30. The predicted octanol–water partition coefficient (Wildman–Crippen LogP) is 1.84. The summed E-state index contributed by atoms with van der Waals surface area (Å²) in [6, 6.07) is -0.0618. The smallest absolute Gasteiger partial charge is 0.319 e. The van der Waals surface area contributed by atoms with Crippen molar-refractivity contribution in [3.63, 3.8) is 0 Å². The predicted molar refractivity (Wildman–Crippen MR) is 71.1 cm³/mol. The molecule has 0 aliphatic carbocycles. The molecule has 7 nitrogen and oxygen atoms in total. The first kappa shape index (κ1) is 15.0. The molecule has 7 heteroatoms. The molecule has 0 saturated carbocycles. The highest BCUT2D eigenvalue weighted by Gasteiger charge is 2.05. The van der Waals surface area contributed by atoms with Gasteiger partial charge in [0.1, 0.15) is 0 Å². The number of hydrogen-bond acceptors (Lipinski definition) is 3. The number of amides is 2. The van der Waals surface area contributed by atoms with E-state index < -0.39 is 5.97 Å². The number of carbonyl (C=O) groups is 2. The van der Waals surface area contributed by atoms with E-state index in [0.717, 1.165) is 0 Å².